The zero-order chi connectivity index (χ0) is 22.7. The number of rotatable bonds is 4. The number of aryl methyl sites for hydroxylation is 1. The summed E-state index contributed by atoms with van der Waals surface area (Å²) in [7, 11) is 0. The van der Waals surface area contributed by atoms with Crippen molar-refractivity contribution in [1.82, 2.24) is 10.3 Å². The molecule has 7 nitrogen and oxygen atoms in total. The average Bonchev–Trinajstić information content (AvgIpc) is 3.24. The van der Waals surface area contributed by atoms with Crippen molar-refractivity contribution in [3.63, 3.8) is 0 Å². The fourth-order valence-corrected chi connectivity index (χ4v) is 3.76. The van der Waals surface area contributed by atoms with E-state index in [9.17, 15) is 9.59 Å². The Hall–Kier alpha value is -3.61. The molecule has 1 unspecified atom stereocenters. The quantitative estimate of drug-likeness (QED) is 0.567. The van der Waals surface area contributed by atoms with Crippen molar-refractivity contribution >= 4 is 17.7 Å². The number of aromatic nitrogens is 1. The lowest BCUT2D eigenvalue weighted by Crippen LogP contribution is -2.31. The van der Waals surface area contributed by atoms with Gasteiger partial charge in [-0.2, -0.15) is 0 Å². The van der Waals surface area contributed by atoms with Crippen LogP contribution in [0.15, 0.2) is 59.2 Å². The Balaban J connectivity index is 1.40. The van der Waals surface area contributed by atoms with Gasteiger partial charge in [0.2, 0.25) is 5.89 Å². The SMILES string of the molecule is CC(C)(C)OC(=O)Nc1ccc(-c2nc(C(=O)NC3CCCc4ccccc43)co2)cc1. The largest absolute Gasteiger partial charge is 0.444 e. The summed E-state index contributed by atoms with van der Waals surface area (Å²) in [6.45, 7) is 5.41. The highest BCUT2D eigenvalue weighted by atomic mass is 16.6. The summed E-state index contributed by atoms with van der Waals surface area (Å²) in [6, 6.07) is 15.2. The first kappa shape index (κ1) is 21.6. The third-order valence-corrected chi connectivity index (χ3v) is 5.19. The molecule has 2 aromatic carbocycles. The number of ether oxygens (including phenoxy) is 1. The summed E-state index contributed by atoms with van der Waals surface area (Å²) in [5.74, 6) is 0.0768. The van der Waals surface area contributed by atoms with Gasteiger partial charge in [0.25, 0.3) is 5.91 Å². The summed E-state index contributed by atoms with van der Waals surface area (Å²) in [4.78, 5) is 29.0. The molecule has 1 aliphatic carbocycles. The van der Waals surface area contributed by atoms with Gasteiger partial charge in [-0.05, 0) is 75.4 Å². The fraction of sp³-hybridized carbons (Fsp3) is 0.320. The molecule has 1 aliphatic rings. The molecule has 7 heteroatoms. The molecule has 1 aromatic heterocycles. The number of benzene rings is 2. The lowest BCUT2D eigenvalue weighted by Gasteiger charge is -2.25. The lowest BCUT2D eigenvalue weighted by atomic mass is 9.88. The van der Waals surface area contributed by atoms with Crippen LogP contribution in [-0.2, 0) is 11.2 Å². The van der Waals surface area contributed by atoms with Gasteiger partial charge in [0.1, 0.15) is 11.9 Å². The molecule has 0 fully saturated rings. The number of hydrogen-bond donors (Lipinski definition) is 2. The summed E-state index contributed by atoms with van der Waals surface area (Å²) >= 11 is 0. The molecule has 0 bridgehead atoms. The Kier molecular flexibility index (Phi) is 5.99. The second kappa shape index (κ2) is 8.86. The number of nitrogens with one attached hydrogen (secondary N) is 2. The molecule has 3 aromatic rings. The van der Waals surface area contributed by atoms with Crippen LogP contribution in [0, 0.1) is 0 Å². The molecule has 0 saturated heterocycles. The molecule has 2 amide bonds. The molecule has 4 rings (SSSR count). The van der Waals surface area contributed by atoms with Crippen LogP contribution < -0.4 is 10.6 Å². The van der Waals surface area contributed by atoms with Crippen LogP contribution in [0.5, 0.6) is 0 Å². The third kappa shape index (κ3) is 5.17. The normalized spacial score (nSPS) is 15.5. The average molecular weight is 434 g/mol. The number of anilines is 1. The summed E-state index contributed by atoms with van der Waals surface area (Å²) in [5, 5.41) is 5.76. The Morgan fingerprint density at radius 1 is 1.09 bits per heavy atom. The lowest BCUT2D eigenvalue weighted by molar-refractivity contribution is 0.0635. The number of fused-ring (bicyclic) bond motifs is 1. The molecular formula is C25H27N3O4. The van der Waals surface area contributed by atoms with E-state index in [1.807, 2.05) is 12.1 Å². The maximum absolute atomic E-state index is 12.8. The first-order chi connectivity index (χ1) is 15.3. The molecule has 0 saturated carbocycles. The number of hydrogen-bond acceptors (Lipinski definition) is 5. The third-order valence-electron chi connectivity index (χ3n) is 5.19. The minimum atomic E-state index is -0.571. The van der Waals surface area contributed by atoms with Crippen molar-refractivity contribution in [2.75, 3.05) is 5.32 Å². The number of oxazole rings is 1. The minimum absolute atomic E-state index is 0.0224. The summed E-state index contributed by atoms with van der Waals surface area (Å²) in [6.07, 6.45) is 3.82. The summed E-state index contributed by atoms with van der Waals surface area (Å²) < 4.78 is 10.8. The maximum atomic E-state index is 12.8. The first-order valence-electron chi connectivity index (χ1n) is 10.7. The Morgan fingerprint density at radius 3 is 2.59 bits per heavy atom. The van der Waals surface area contributed by atoms with E-state index in [1.54, 1.807) is 45.0 Å². The van der Waals surface area contributed by atoms with E-state index in [-0.39, 0.29) is 17.6 Å². The van der Waals surface area contributed by atoms with Gasteiger partial charge >= 0.3 is 6.09 Å². The van der Waals surface area contributed by atoms with Crippen LogP contribution in [0.2, 0.25) is 0 Å². The van der Waals surface area contributed by atoms with Gasteiger partial charge in [-0.1, -0.05) is 24.3 Å². The molecule has 0 aliphatic heterocycles. The van der Waals surface area contributed by atoms with Crippen molar-refractivity contribution in [3.8, 4) is 11.5 Å². The molecular weight excluding hydrogens is 406 g/mol. The van der Waals surface area contributed by atoms with Crippen LogP contribution in [0.25, 0.3) is 11.5 Å². The van der Waals surface area contributed by atoms with Gasteiger partial charge in [0.15, 0.2) is 5.69 Å². The zero-order valence-corrected chi connectivity index (χ0v) is 18.5. The number of carbonyl (C=O) groups is 2. The van der Waals surface area contributed by atoms with Crippen LogP contribution in [0.1, 0.15) is 61.3 Å². The van der Waals surface area contributed by atoms with Crippen LogP contribution >= 0.6 is 0 Å². The second-order valence-electron chi connectivity index (χ2n) is 8.86. The van der Waals surface area contributed by atoms with Crippen molar-refractivity contribution in [2.24, 2.45) is 0 Å². The Labute approximate surface area is 187 Å². The molecule has 32 heavy (non-hydrogen) atoms. The van der Waals surface area contributed by atoms with E-state index in [0.29, 0.717) is 17.1 Å². The smallest absolute Gasteiger partial charge is 0.412 e. The number of carbonyl (C=O) groups excluding carboxylic acids is 2. The van der Waals surface area contributed by atoms with E-state index in [2.05, 4.69) is 27.8 Å². The molecule has 0 spiro atoms. The standard InChI is InChI=1S/C25H27N3O4/c1-25(2,3)32-24(30)26-18-13-11-17(12-14-18)23-28-21(15-31-23)22(29)27-20-10-6-8-16-7-4-5-9-19(16)20/h4-5,7,9,11-15,20H,6,8,10H2,1-3H3,(H,26,30)(H,27,29). The van der Waals surface area contributed by atoms with Crippen LogP contribution in [-0.4, -0.2) is 22.6 Å². The van der Waals surface area contributed by atoms with E-state index in [1.165, 1.54) is 17.4 Å². The fourth-order valence-electron chi connectivity index (χ4n) is 3.76. The van der Waals surface area contributed by atoms with Gasteiger partial charge in [-0.25, -0.2) is 9.78 Å². The van der Waals surface area contributed by atoms with E-state index in [4.69, 9.17) is 9.15 Å². The zero-order valence-electron chi connectivity index (χ0n) is 18.5. The van der Waals surface area contributed by atoms with E-state index >= 15 is 0 Å². The van der Waals surface area contributed by atoms with Gasteiger partial charge in [0, 0.05) is 11.3 Å². The van der Waals surface area contributed by atoms with Crippen molar-refractivity contribution in [2.45, 2.75) is 51.7 Å². The molecule has 1 atom stereocenters. The highest BCUT2D eigenvalue weighted by molar-refractivity contribution is 5.92. The topological polar surface area (TPSA) is 93.5 Å². The molecule has 166 valence electrons. The highest BCUT2D eigenvalue weighted by Gasteiger charge is 2.23. The molecule has 0 radical (unpaired) electrons. The van der Waals surface area contributed by atoms with Gasteiger partial charge in [-0.3, -0.25) is 10.1 Å². The van der Waals surface area contributed by atoms with Crippen LogP contribution in [0.3, 0.4) is 0 Å². The Bertz CT molecular complexity index is 1110. The molecule has 2 N–H and O–H groups in total. The maximum Gasteiger partial charge on any atom is 0.412 e. The second-order valence-corrected chi connectivity index (χ2v) is 8.86. The summed E-state index contributed by atoms with van der Waals surface area (Å²) in [5.41, 5.74) is 3.40. The molecule has 1 heterocycles. The minimum Gasteiger partial charge on any atom is -0.444 e. The number of amides is 2. The first-order valence-corrected chi connectivity index (χ1v) is 10.7. The van der Waals surface area contributed by atoms with Crippen LogP contribution in [0.4, 0.5) is 10.5 Å². The monoisotopic (exact) mass is 433 g/mol. The van der Waals surface area contributed by atoms with Crippen molar-refractivity contribution in [3.05, 3.63) is 71.6 Å². The van der Waals surface area contributed by atoms with Crippen molar-refractivity contribution in [1.29, 1.82) is 0 Å². The number of nitrogens with zero attached hydrogens (tertiary/aromatic N) is 1. The highest BCUT2D eigenvalue weighted by Crippen LogP contribution is 2.30. The van der Waals surface area contributed by atoms with Gasteiger partial charge in [-0.15, -0.1) is 0 Å². The van der Waals surface area contributed by atoms with E-state index in [0.717, 1.165) is 19.3 Å². The van der Waals surface area contributed by atoms with Crippen molar-refractivity contribution < 1.29 is 18.7 Å². The van der Waals surface area contributed by atoms with E-state index < -0.39 is 11.7 Å². The predicted octanol–water partition coefficient (Wildman–Crippen LogP) is 5.50. The Morgan fingerprint density at radius 2 is 1.84 bits per heavy atom. The predicted molar refractivity (Wildman–Crippen MR) is 121 cm³/mol. The van der Waals surface area contributed by atoms with Gasteiger partial charge in [0.05, 0.1) is 6.04 Å². The van der Waals surface area contributed by atoms with Gasteiger partial charge < -0.3 is 14.5 Å².